The van der Waals surface area contributed by atoms with Crippen LogP contribution in [0.1, 0.15) is 35.8 Å². The van der Waals surface area contributed by atoms with E-state index in [9.17, 15) is 9.90 Å². The summed E-state index contributed by atoms with van der Waals surface area (Å²) in [5.41, 5.74) is 3.72. The normalized spacial score (nSPS) is 26.6. The Morgan fingerprint density at radius 2 is 1.61 bits per heavy atom. The van der Waals surface area contributed by atoms with E-state index < -0.39 is 0 Å². The Kier molecular flexibility index (Phi) is 3.66. The highest BCUT2D eigenvalue weighted by Gasteiger charge is 2.39. The molecule has 1 saturated heterocycles. The van der Waals surface area contributed by atoms with E-state index in [1.807, 2.05) is 12.1 Å². The Bertz CT molecular complexity index is 695. The van der Waals surface area contributed by atoms with Crippen LogP contribution in [0.5, 0.6) is 0 Å². The van der Waals surface area contributed by atoms with Crippen LogP contribution in [0.15, 0.2) is 54.6 Å². The molecule has 3 atom stereocenters. The van der Waals surface area contributed by atoms with Crippen molar-refractivity contribution in [3.63, 3.8) is 0 Å². The Labute approximate surface area is 136 Å². The maximum absolute atomic E-state index is 12.0. The van der Waals surface area contributed by atoms with Crippen molar-refractivity contribution in [3.8, 4) is 0 Å². The first-order valence-corrected chi connectivity index (χ1v) is 8.32. The highest BCUT2D eigenvalue weighted by atomic mass is 16.3. The van der Waals surface area contributed by atoms with Gasteiger partial charge in [-0.2, -0.15) is 0 Å². The summed E-state index contributed by atoms with van der Waals surface area (Å²) in [7, 11) is 0. The molecule has 1 aliphatic carbocycles. The molecule has 118 valence electrons. The predicted molar refractivity (Wildman–Crippen MR) is 90.5 cm³/mol. The quantitative estimate of drug-likeness (QED) is 0.941. The van der Waals surface area contributed by atoms with Gasteiger partial charge in [-0.1, -0.05) is 42.5 Å². The number of nitrogens with zero attached hydrogens (tertiary/aromatic N) is 1. The Morgan fingerprint density at radius 1 is 0.957 bits per heavy atom. The number of hydrogen-bond acceptors (Lipinski definition) is 2. The van der Waals surface area contributed by atoms with E-state index in [0.717, 1.165) is 5.69 Å². The lowest BCUT2D eigenvalue weighted by atomic mass is 10.0. The lowest BCUT2D eigenvalue weighted by Gasteiger charge is -2.17. The van der Waals surface area contributed by atoms with E-state index in [1.165, 1.54) is 17.5 Å². The molecule has 1 unspecified atom stereocenters. The molecular weight excluding hydrogens is 286 g/mol. The zero-order valence-corrected chi connectivity index (χ0v) is 13.1. The highest BCUT2D eigenvalue weighted by Crippen LogP contribution is 2.54. The van der Waals surface area contributed by atoms with E-state index in [1.54, 1.807) is 4.90 Å². The second-order valence-corrected chi connectivity index (χ2v) is 6.71. The number of carbonyl (C=O) groups is 1. The monoisotopic (exact) mass is 307 g/mol. The molecule has 23 heavy (non-hydrogen) atoms. The number of hydrogen-bond donors (Lipinski definition) is 1. The molecule has 1 saturated carbocycles. The summed E-state index contributed by atoms with van der Waals surface area (Å²) in [6.07, 6.45) is 1.66. The van der Waals surface area contributed by atoms with Crippen LogP contribution in [0.3, 0.4) is 0 Å². The number of amides is 1. The van der Waals surface area contributed by atoms with Gasteiger partial charge in [-0.25, -0.2) is 0 Å². The average molecular weight is 307 g/mol. The van der Waals surface area contributed by atoms with Gasteiger partial charge in [0.25, 0.3) is 0 Å². The number of aliphatic hydroxyl groups excluding tert-OH is 1. The second kappa shape index (κ2) is 5.82. The molecular formula is C20H21NO2. The molecule has 0 aromatic heterocycles. The van der Waals surface area contributed by atoms with Gasteiger partial charge in [-0.05, 0) is 41.5 Å². The fraction of sp³-hybridized carbons (Fsp3) is 0.350. The molecule has 1 N–H and O–H groups in total. The number of rotatable bonds is 4. The zero-order chi connectivity index (χ0) is 15.8. The first-order valence-electron chi connectivity index (χ1n) is 8.32. The molecule has 4 rings (SSSR count). The lowest BCUT2D eigenvalue weighted by Crippen LogP contribution is -2.24. The van der Waals surface area contributed by atoms with E-state index in [2.05, 4.69) is 42.5 Å². The van der Waals surface area contributed by atoms with Gasteiger partial charge < -0.3 is 10.0 Å². The zero-order valence-electron chi connectivity index (χ0n) is 13.1. The van der Waals surface area contributed by atoms with Crippen LogP contribution >= 0.6 is 0 Å². The molecule has 2 aromatic carbocycles. The first kappa shape index (κ1) is 14.5. The molecule has 1 amide bonds. The Balaban J connectivity index is 1.46. The third-order valence-corrected chi connectivity index (χ3v) is 5.11. The molecule has 3 heteroatoms. The van der Waals surface area contributed by atoms with Gasteiger partial charge in [-0.15, -0.1) is 0 Å². The molecule has 3 nitrogen and oxygen atoms in total. The number of anilines is 1. The van der Waals surface area contributed by atoms with Crippen molar-refractivity contribution in [2.24, 2.45) is 5.92 Å². The van der Waals surface area contributed by atoms with Crippen LogP contribution < -0.4 is 4.90 Å². The summed E-state index contributed by atoms with van der Waals surface area (Å²) >= 11 is 0. The standard InChI is InChI=1S/C20H21NO2/c22-13-14-10-20(23)21(12-14)17-8-6-16(7-9-17)19-11-18(19)15-4-2-1-3-5-15/h1-9,14,18-19,22H,10-13H2/t14?,18-,19-/m0/s1. The van der Waals surface area contributed by atoms with Crippen LogP contribution in [0.4, 0.5) is 5.69 Å². The molecule has 2 aromatic rings. The Morgan fingerprint density at radius 3 is 2.22 bits per heavy atom. The second-order valence-electron chi connectivity index (χ2n) is 6.71. The summed E-state index contributed by atoms with van der Waals surface area (Å²) in [4.78, 5) is 13.8. The number of benzene rings is 2. The van der Waals surface area contributed by atoms with E-state index in [4.69, 9.17) is 0 Å². The van der Waals surface area contributed by atoms with Gasteiger partial charge in [0.05, 0.1) is 0 Å². The van der Waals surface area contributed by atoms with Crippen molar-refractivity contribution in [1.29, 1.82) is 0 Å². The van der Waals surface area contributed by atoms with Crippen LogP contribution in [0, 0.1) is 5.92 Å². The predicted octanol–water partition coefficient (Wildman–Crippen LogP) is 3.30. The van der Waals surface area contributed by atoms with Crippen molar-refractivity contribution < 1.29 is 9.90 Å². The molecule has 0 spiro atoms. The van der Waals surface area contributed by atoms with Crippen molar-refractivity contribution in [2.75, 3.05) is 18.1 Å². The molecule has 0 bridgehead atoms. The maximum Gasteiger partial charge on any atom is 0.227 e. The largest absolute Gasteiger partial charge is 0.396 e. The summed E-state index contributed by atoms with van der Waals surface area (Å²) in [5, 5.41) is 9.23. The van der Waals surface area contributed by atoms with Crippen LogP contribution in [-0.2, 0) is 4.79 Å². The topological polar surface area (TPSA) is 40.5 Å². The SMILES string of the molecule is O=C1CC(CO)CN1c1ccc([C@@H]2C[C@H]2c2ccccc2)cc1. The van der Waals surface area contributed by atoms with Gasteiger partial charge in [-0.3, -0.25) is 4.79 Å². The van der Waals surface area contributed by atoms with Crippen molar-refractivity contribution in [1.82, 2.24) is 0 Å². The number of carbonyl (C=O) groups excluding carboxylic acids is 1. The van der Waals surface area contributed by atoms with Crippen molar-refractivity contribution >= 4 is 11.6 Å². The molecule has 0 radical (unpaired) electrons. The fourth-order valence-electron chi connectivity index (χ4n) is 3.69. The van der Waals surface area contributed by atoms with Gasteiger partial charge in [0, 0.05) is 31.2 Å². The third kappa shape index (κ3) is 2.77. The minimum atomic E-state index is 0.0769. The minimum Gasteiger partial charge on any atom is -0.396 e. The van der Waals surface area contributed by atoms with Crippen molar-refractivity contribution in [3.05, 3.63) is 65.7 Å². The minimum absolute atomic E-state index is 0.0769. The molecule has 2 fully saturated rings. The summed E-state index contributed by atoms with van der Waals surface area (Å²) < 4.78 is 0. The first-order chi connectivity index (χ1) is 11.3. The van der Waals surface area contributed by atoms with Gasteiger partial charge in [0.1, 0.15) is 0 Å². The van der Waals surface area contributed by atoms with Gasteiger partial charge in [0.15, 0.2) is 0 Å². The molecule has 1 heterocycles. The fourth-order valence-corrected chi connectivity index (χ4v) is 3.69. The number of aliphatic hydroxyl groups is 1. The summed E-state index contributed by atoms with van der Waals surface area (Å²) in [6, 6.07) is 19.1. The molecule has 1 aliphatic heterocycles. The molecule has 2 aliphatic rings. The van der Waals surface area contributed by atoms with Crippen LogP contribution in [0.2, 0.25) is 0 Å². The third-order valence-electron chi connectivity index (χ3n) is 5.11. The van der Waals surface area contributed by atoms with E-state index in [-0.39, 0.29) is 18.4 Å². The van der Waals surface area contributed by atoms with Gasteiger partial charge in [0.2, 0.25) is 5.91 Å². The van der Waals surface area contributed by atoms with E-state index >= 15 is 0 Å². The lowest BCUT2D eigenvalue weighted by molar-refractivity contribution is -0.117. The summed E-state index contributed by atoms with van der Waals surface area (Å²) in [6.45, 7) is 0.714. The Hall–Kier alpha value is -2.13. The summed E-state index contributed by atoms with van der Waals surface area (Å²) in [5.74, 6) is 1.43. The van der Waals surface area contributed by atoms with Gasteiger partial charge >= 0.3 is 0 Å². The van der Waals surface area contributed by atoms with Crippen LogP contribution in [-0.4, -0.2) is 24.2 Å². The highest BCUT2D eigenvalue weighted by molar-refractivity contribution is 5.95. The smallest absolute Gasteiger partial charge is 0.227 e. The van der Waals surface area contributed by atoms with Crippen molar-refractivity contribution in [2.45, 2.75) is 24.7 Å². The average Bonchev–Trinajstić information content (AvgIpc) is 3.32. The van der Waals surface area contributed by atoms with Crippen LogP contribution in [0.25, 0.3) is 0 Å². The maximum atomic E-state index is 12.0. The van der Waals surface area contributed by atoms with E-state index in [0.29, 0.717) is 24.8 Å².